The molecule has 3 aromatic rings. The van der Waals surface area contributed by atoms with Crippen molar-refractivity contribution in [2.75, 3.05) is 36.9 Å². The van der Waals surface area contributed by atoms with E-state index in [4.69, 9.17) is 16.3 Å². The van der Waals surface area contributed by atoms with E-state index in [0.717, 1.165) is 23.7 Å². The van der Waals surface area contributed by atoms with Crippen LogP contribution in [-0.2, 0) is 7.05 Å². The van der Waals surface area contributed by atoms with E-state index in [1.165, 1.54) is 0 Å². The Bertz CT molecular complexity index is 1390. The normalized spacial score (nSPS) is 14.9. The second-order valence-electron chi connectivity index (χ2n) is 8.03. The number of likely N-dealkylation sites (tertiary alicyclic amines) is 1. The molecule has 1 saturated heterocycles. The summed E-state index contributed by atoms with van der Waals surface area (Å²) in [5, 5.41) is 16.9. The summed E-state index contributed by atoms with van der Waals surface area (Å²) in [6, 6.07) is 9.12. The second-order valence-corrected chi connectivity index (χ2v) is 8.39. The third-order valence-electron chi connectivity index (χ3n) is 5.95. The number of carbonyl (C=O) groups is 1. The van der Waals surface area contributed by atoms with E-state index in [1.54, 1.807) is 28.6 Å². The Labute approximate surface area is 194 Å². The Morgan fingerprint density at radius 3 is 2.85 bits per heavy atom. The van der Waals surface area contributed by atoms with E-state index in [9.17, 15) is 14.9 Å². The van der Waals surface area contributed by atoms with Crippen molar-refractivity contribution in [1.82, 2.24) is 14.5 Å². The third-order valence-corrected chi connectivity index (χ3v) is 6.22. The summed E-state index contributed by atoms with van der Waals surface area (Å²) < 4.78 is 7.29. The highest BCUT2D eigenvalue weighted by molar-refractivity contribution is 6.31. The molecule has 0 saturated carbocycles. The Hall–Kier alpha value is -3.77. The molecule has 4 heterocycles. The lowest BCUT2D eigenvalue weighted by Crippen LogP contribution is -2.42. The summed E-state index contributed by atoms with van der Waals surface area (Å²) >= 11 is 6.25. The predicted octanol–water partition coefficient (Wildman–Crippen LogP) is 3.24. The van der Waals surface area contributed by atoms with E-state index >= 15 is 0 Å². The highest BCUT2D eigenvalue weighted by atomic mass is 35.5. The summed E-state index contributed by atoms with van der Waals surface area (Å²) in [6.07, 6.45) is 1.74. The number of pyridine rings is 2. The van der Waals surface area contributed by atoms with E-state index in [1.807, 2.05) is 12.1 Å². The van der Waals surface area contributed by atoms with Gasteiger partial charge in [-0.1, -0.05) is 11.6 Å². The Kier molecular flexibility index (Phi) is 5.30. The highest BCUT2D eigenvalue weighted by Crippen LogP contribution is 2.35. The molecular formula is C23H21ClN6O3. The molecule has 0 atom stereocenters. The number of ether oxygens (including phenoxy) is 1. The monoisotopic (exact) mass is 464 g/mol. The molecule has 9 nitrogen and oxygen atoms in total. The number of anilines is 3. The maximum Gasteiger partial charge on any atom is 0.295 e. The van der Waals surface area contributed by atoms with E-state index in [-0.39, 0.29) is 27.9 Å². The summed E-state index contributed by atoms with van der Waals surface area (Å²) in [4.78, 5) is 31.2. The molecule has 5 rings (SSSR count). The van der Waals surface area contributed by atoms with Gasteiger partial charge in [0, 0.05) is 37.8 Å². The van der Waals surface area contributed by atoms with Gasteiger partial charge in [0.05, 0.1) is 23.5 Å². The average Bonchev–Trinajstić information content (AvgIpc) is 3.02. The average molecular weight is 465 g/mol. The number of aryl methyl sites for hydroxylation is 1. The van der Waals surface area contributed by atoms with Crippen LogP contribution in [0.25, 0.3) is 10.9 Å². The smallest absolute Gasteiger partial charge is 0.295 e. The molecule has 0 bridgehead atoms. The van der Waals surface area contributed by atoms with Gasteiger partial charge in [-0.3, -0.25) is 9.59 Å². The van der Waals surface area contributed by atoms with Gasteiger partial charge in [0.15, 0.2) is 0 Å². The molecule has 2 aromatic heterocycles. The molecule has 10 heteroatoms. The minimum atomic E-state index is -0.212. The number of benzene rings is 1. The first-order valence-electron chi connectivity index (χ1n) is 10.7. The SMILES string of the molecule is Cn1c(=O)c2c(c3cc(Nc4cc(C(=O)N5CCC5)nc(Cl)c4C#N)ccc31)NCCCO2. The molecular weight excluding hydrogens is 444 g/mol. The summed E-state index contributed by atoms with van der Waals surface area (Å²) in [5.74, 6) is 0.0858. The molecule has 0 spiro atoms. The third kappa shape index (κ3) is 3.62. The molecule has 33 heavy (non-hydrogen) atoms. The Balaban J connectivity index is 1.59. The van der Waals surface area contributed by atoms with Crippen molar-refractivity contribution < 1.29 is 9.53 Å². The fourth-order valence-electron chi connectivity index (χ4n) is 4.03. The molecule has 0 unspecified atom stereocenters. The molecule has 2 aliphatic heterocycles. The van der Waals surface area contributed by atoms with Gasteiger partial charge >= 0.3 is 0 Å². The van der Waals surface area contributed by atoms with Crippen LogP contribution in [-0.4, -0.2) is 46.6 Å². The molecule has 0 aliphatic carbocycles. The van der Waals surface area contributed by atoms with Gasteiger partial charge in [0.1, 0.15) is 22.5 Å². The highest BCUT2D eigenvalue weighted by Gasteiger charge is 2.25. The molecule has 2 aliphatic rings. The predicted molar refractivity (Wildman–Crippen MR) is 126 cm³/mol. The van der Waals surface area contributed by atoms with Crippen molar-refractivity contribution in [1.29, 1.82) is 5.26 Å². The van der Waals surface area contributed by atoms with Crippen molar-refractivity contribution in [2.24, 2.45) is 7.05 Å². The lowest BCUT2D eigenvalue weighted by atomic mass is 10.1. The van der Waals surface area contributed by atoms with Crippen molar-refractivity contribution in [3.8, 4) is 11.8 Å². The summed E-state index contributed by atoms with van der Waals surface area (Å²) in [6.45, 7) is 2.52. The number of hydrogen-bond acceptors (Lipinski definition) is 7. The lowest BCUT2D eigenvalue weighted by Gasteiger charge is -2.30. The number of carbonyl (C=O) groups excluding carboxylic acids is 1. The van der Waals surface area contributed by atoms with E-state index in [0.29, 0.717) is 49.1 Å². The first-order valence-corrected chi connectivity index (χ1v) is 11.1. The van der Waals surface area contributed by atoms with Crippen molar-refractivity contribution in [2.45, 2.75) is 12.8 Å². The number of amides is 1. The zero-order valence-electron chi connectivity index (χ0n) is 17.9. The van der Waals surface area contributed by atoms with Crippen molar-refractivity contribution in [3.05, 3.63) is 51.0 Å². The van der Waals surface area contributed by atoms with Gasteiger partial charge in [-0.2, -0.15) is 5.26 Å². The van der Waals surface area contributed by atoms with Gasteiger partial charge in [-0.25, -0.2) is 4.98 Å². The molecule has 168 valence electrons. The first-order chi connectivity index (χ1) is 16.0. The number of nitrogens with zero attached hydrogens (tertiary/aromatic N) is 4. The van der Waals surface area contributed by atoms with Crippen molar-refractivity contribution in [3.63, 3.8) is 0 Å². The number of rotatable bonds is 3. The van der Waals surface area contributed by atoms with Crippen LogP contribution in [0.15, 0.2) is 29.1 Å². The van der Waals surface area contributed by atoms with Crippen LogP contribution >= 0.6 is 11.6 Å². The standard InChI is InChI=1S/C23H21ClN6O3/c1-29-18-5-4-13(10-14(18)19-20(23(29)32)33-9-2-6-26-19)27-16-11-17(22(31)30-7-3-8-30)28-21(24)15(16)12-25/h4-5,10-11,26H,2-3,6-9H2,1H3,(H,27,28). The lowest BCUT2D eigenvalue weighted by molar-refractivity contribution is 0.0645. The minimum absolute atomic E-state index is 0.0292. The maximum absolute atomic E-state index is 12.8. The van der Waals surface area contributed by atoms with Crippen LogP contribution in [0, 0.1) is 11.3 Å². The topological polar surface area (TPSA) is 112 Å². The second kappa shape index (κ2) is 8.30. The van der Waals surface area contributed by atoms with Gasteiger partial charge in [-0.15, -0.1) is 0 Å². The largest absolute Gasteiger partial charge is 0.486 e. The number of fused-ring (bicyclic) bond motifs is 3. The number of aromatic nitrogens is 2. The van der Waals surface area contributed by atoms with Crippen LogP contribution in [0.3, 0.4) is 0 Å². The molecule has 2 N–H and O–H groups in total. The Morgan fingerprint density at radius 1 is 1.30 bits per heavy atom. The number of nitriles is 1. The molecule has 1 amide bonds. The summed E-state index contributed by atoms with van der Waals surface area (Å²) in [5.41, 5.74) is 2.58. The molecule has 1 aromatic carbocycles. The fourth-order valence-corrected chi connectivity index (χ4v) is 4.27. The van der Waals surface area contributed by atoms with Gasteiger partial charge in [0.2, 0.25) is 5.75 Å². The van der Waals surface area contributed by atoms with E-state index in [2.05, 4.69) is 21.7 Å². The van der Waals surface area contributed by atoms with Crippen LogP contribution in [0.4, 0.5) is 17.1 Å². The fraction of sp³-hybridized carbons (Fsp3) is 0.304. The minimum Gasteiger partial charge on any atom is -0.486 e. The Morgan fingerprint density at radius 2 is 2.12 bits per heavy atom. The number of halogens is 1. The van der Waals surface area contributed by atoms with Crippen LogP contribution in [0.1, 0.15) is 28.9 Å². The van der Waals surface area contributed by atoms with Gasteiger partial charge in [-0.05, 0) is 37.1 Å². The number of nitrogens with one attached hydrogen (secondary N) is 2. The van der Waals surface area contributed by atoms with Crippen LogP contribution in [0.5, 0.6) is 5.75 Å². The molecule has 0 radical (unpaired) electrons. The van der Waals surface area contributed by atoms with Crippen molar-refractivity contribution >= 4 is 45.5 Å². The summed E-state index contributed by atoms with van der Waals surface area (Å²) in [7, 11) is 1.70. The van der Waals surface area contributed by atoms with Gasteiger partial charge in [0.25, 0.3) is 11.5 Å². The van der Waals surface area contributed by atoms with Crippen LogP contribution in [0.2, 0.25) is 5.15 Å². The zero-order chi connectivity index (χ0) is 23.1. The quantitative estimate of drug-likeness (QED) is 0.572. The first kappa shape index (κ1) is 21.1. The van der Waals surface area contributed by atoms with Crippen LogP contribution < -0.4 is 20.9 Å². The maximum atomic E-state index is 12.8. The zero-order valence-corrected chi connectivity index (χ0v) is 18.7. The number of hydrogen-bond donors (Lipinski definition) is 2. The van der Waals surface area contributed by atoms with E-state index < -0.39 is 0 Å². The molecule has 1 fully saturated rings. The van der Waals surface area contributed by atoms with Gasteiger partial charge < -0.3 is 24.8 Å².